The molecule has 0 saturated carbocycles. The van der Waals surface area contributed by atoms with Gasteiger partial charge < -0.3 is 19.7 Å². The van der Waals surface area contributed by atoms with E-state index in [-0.39, 0.29) is 16.7 Å². The molecule has 33 heavy (non-hydrogen) atoms. The Balaban J connectivity index is 1.39. The summed E-state index contributed by atoms with van der Waals surface area (Å²) in [6.45, 7) is 3.00. The molecule has 2 aromatic rings. The standard InChI is InChI=1S/C23H30N4O5S/c1-31-20-6-3-2-5-19(20)17-25-23(28)18-8-11-26(12-9-18)22-21(7-4-10-24-22)33(29,30)27-13-15-32-16-14-27/h2-7,10,18H,8-9,11-17H2,1H3,(H,25,28). The highest BCUT2D eigenvalue weighted by atomic mass is 32.2. The van der Waals surface area contributed by atoms with Crippen LogP contribution < -0.4 is 15.0 Å². The van der Waals surface area contributed by atoms with Gasteiger partial charge in [0.1, 0.15) is 16.5 Å². The van der Waals surface area contributed by atoms with Crippen LogP contribution in [-0.2, 0) is 26.1 Å². The number of amides is 1. The van der Waals surface area contributed by atoms with Crippen LogP contribution in [0, 0.1) is 5.92 Å². The molecule has 1 aromatic carbocycles. The maximum absolute atomic E-state index is 13.2. The molecule has 1 aromatic heterocycles. The number of hydrogen-bond acceptors (Lipinski definition) is 7. The highest BCUT2D eigenvalue weighted by molar-refractivity contribution is 7.89. The Morgan fingerprint density at radius 1 is 1.12 bits per heavy atom. The molecule has 9 nitrogen and oxygen atoms in total. The summed E-state index contributed by atoms with van der Waals surface area (Å²) >= 11 is 0. The molecule has 0 spiro atoms. The summed E-state index contributed by atoms with van der Waals surface area (Å²) in [4.78, 5) is 19.3. The zero-order chi connectivity index (χ0) is 23.3. The van der Waals surface area contributed by atoms with Crippen molar-refractivity contribution in [2.45, 2.75) is 24.3 Å². The molecular formula is C23H30N4O5S. The molecule has 4 rings (SSSR count). The lowest BCUT2D eigenvalue weighted by molar-refractivity contribution is -0.125. The van der Waals surface area contributed by atoms with Gasteiger partial charge in [0.2, 0.25) is 15.9 Å². The number of methoxy groups -OCH3 is 1. The maximum atomic E-state index is 13.2. The van der Waals surface area contributed by atoms with E-state index < -0.39 is 10.0 Å². The van der Waals surface area contributed by atoms with Crippen molar-refractivity contribution in [2.75, 3.05) is 51.4 Å². The van der Waals surface area contributed by atoms with E-state index in [0.717, 1.165) is 11.3 Å². The summed E-state index contributed by atoms with van der Waals surface area (Å²) in [5, 5.41) is 3.01. The number of aromatic nitrogens is 1. The van der Waals surface area contributed by atoms with E-state index >= 15 is 0 Å². The first-order chi connectivity index (χ1) is 16.0. The van der Waals surface area contributed by atoms with Gasteiger partial charge in [-0.1, -0.05) is 18.2 Å². The van der Waals surface area contributed by atoms with Gasteiger partial charge in [0.05, 0.1) is 20.3 Å². The van der Waals surface area contributed by atoms with E-state index in [0.29, 0.717) is 64.6 Å². The molecule has 2 aliphatic heterocycles. The number of hydrogen-bond donors (Lipinski definition) is 1. The number of carbonyl (C=O) groups excluding carboxylic acids is 1. The van der Waals surface area contributed by atoms with Gasteiger partial charge >= 0.3 is 0 Å². The highest BCUT2D eigenvalue weighted by Gasteiger charge is 2.33. The van der Waals surface area contributed by atoms with Crippen molar-refractivity contribution in [3.63, 3.8) is 0 Å². The molecular weight excluding hydrogens is 444 g/mol. The summed E-state index contributed by atoms with van der Waals surface area (Å²) in [6.07, 6.45) is 2.87. The van der Waals surface area contributed by atoms with Crippen molar-refractivity contribution in [1.82, 2.24) is 14.6 Å². The zero-order valence-corrected chi connectivity index (χ0v) is 19.6. The van der Waals surface area contributed by atoms with E-state index in [1.54, 1.807) is 25.4 Å². The average Bonchev–Trinajstić information content (AvgIpc) is 2.88. The topological polar surface area (TPSA) is 101 Å². The summed E-state index contributed by atoms with van der Waals surface area (Å²) in [5.74, 6) is 1.08. The number of morpholine rings is 1. The quantitative estimate of drug-likeness (QED) is 0.651. The number of piperidine rings is 1. The van der Waals surface area contributed by atoms with E-state index in [9.17, 15) is 13.2 Å². The maximum Gasteiger partial charge on any atom is 0.246 e. The van der Waals surface area contributed by atoms with Crippen LogP contribution in [-0.4, -0.2) is 70.1 Å². The van der Waals surface area contributed by atoms with Crippen molar-refractivity contribution in [1.29, 1.82) is 0 Å². The van der Waals surface area contributed by atoms with Gasteiger partial charge in [-0.25, -0.2) is 13.4 Å². The Bertz CT molecular complexity index is 1060. The van der Waals surface area contributed by atoms with Gasteiger partial charge in [-0.2, -0.15) is 4.31 Å². The van der Waals surface area contributed by atoms with Crippen molar-refractivity contribution >= 4 is 21.7 Å². The monoisotopic (exact) mass is 474 g/mol. The fourth-order valence-electron chi connectivity index (χ4n) is 4.28. The van der Waals surface area contributed by atoms with Crippen molar-refractivity contribution < 1.29 is 22.7 Å². The molecule has 178 valence electrons. The first-order valence-corrected chi connectivity index (χ1v) is 12.6. The Kier molecular flexibility index (Phi) is 7.46. The smallest absolute Gasteiger partial charge is 0.246 e. The van der Waals surface area contributed by atoms with E-state index in [2.05, 4.69) is 10.3 Å². The molecule has 0 unspecified atom stereocenters. The number of pyridine rings is 1. The van der Waals surface area contributed by atoms with Crippen molar-refractivity contribution in [3.8, 4) is 5.75 Å². The summed E-state index contributed by atoms with van der Waals surface area (Å²) in [5.41, 5.74) is 0.928. The van der Waals surface area contributed by atoms with Crippen LogP contribution in [0.3, 0.4) is 0 Å². The van der Waals surface area contributed by atoms with Crippen LogP contribution >= 0.6 is 0 Å². The first-order valence-electron chi connectivity index (χ1n) is 11.2. The minimum Gasteiger partial charge on any atom is -0.496 e. The van der Waals surface area contributed by atoms with Gasteiger partial charge in [0.15, 0.2) is 0 Å². The van der Waals surface area contributed by atoms with Gasteiger partial charge in [0.25, 0.3) is 0 Å². The van der Waals surface area contributed by atoms with Crippen LogP contribution in [0.5, 0.6) is 5.75 Å². The molecule has 2 fully saturated rings. The van der Waals surface area contributed by atoms with Crippen molar-refractivity contribution in [3.05, 3.63) is 48.2 Å². The fourth-order valence-corrected chi connectivity index (χ4v) is 5.85. The molecule has 0 atom stereocenters. The lowest BCUT2D eigenvalue weighted by Gasteiger charge is -2.34. The summed E-state index contributed by atoms with van der Waals surface area (Å²) < 4.78 is 38.5. The number of nitrogens with one attached hydrogen (secondary N) is 1. The normalized spacial score (nSPS) is 18.2. The molecule has 3 heterocycles. The fraction of sp³-hybridized carbons (Fsp3) is 0.478. The number of ether oxygens (including phenoxy) is 2. The molecule has 10 heteroatoms. The Hall–Kier alpha value is -2.69. The Morgan fingerprint density at radius 2 is 1.85 bits per heavy atom. The van der Waals surface area contributed by atoms with E-state index in [1.165, 1.54) is 4.31 Å². The predicted molar refractivity (Wildman–Crippen MR) is 124 cm³/mol. The number of nitrogens with zero attached hydrogens (tertiary/aromatic N) is 3. The molecule has 2 saturated heterocycles. The Morgan fingerprint density at radius 3 is 2.58 bits per heavy atom. The van der Waals surface area contributed by atoms with Crippen LogP contribution in [0.4, 0.5) is 5.82 Å². The number of rotatable bonds is 7. The highest BCUT2D eigenvalue weighted by Crippen LogP contribution is 2.30. The summed E-state index contributed by atoms with van der Waals surface area (Å²) in [6, 6.07) is 10.9. The lowest BCUT2D eigenvalue weighted by atomic mass is 9.95. The molecule has 1 N–H and O–H groups in total. The van der Waals surface area contributed by atoms with Gasteiger partial charge in [-0.15, -0.1) is 0 Å². The van der Waals surface area contributed by atoms with Gasteiger partial charge in [0, 0.05) is 50.4 Å². The minimum absolute atomic E-state index is 0.00254. The molecule has 2 aliphatic rings. The second-order valence-corrected chi connectivity index (χ2v) is 10.0. The number of benzene rings is 1. The predicted octanol–water partition coefficient (Wildman–Crippen LogP) is 1.64. The number of para-hydroxylation sites is 1. The Labute approximate surface area is 194 Å². The first kappa shape index (κ1) is 23.5. The summed E-state index contributed by atoms with van der Waals surface area (Å²) in [7, 11) is -2.05. The van der Waals surface area contributed by atoms with Crippen molar-refractivity contribution in [2.24, 2.45) is 5.92 Å². The minimum atomic E-state index is -3.66. The van der Waals surface area contributed by atoms with E-state index in [4.69, 9.17) is 9.47 Å². The number of anilines is 1. The van der Waals surface area contributed by atoms with Gasteiger partial charge in [-0.05, 0) is 31.0 Å². The molecule has 0 bridgehead atoms. The van der Waals surface area contributed by atoms with E-state index in [1.807, 2.05) is 29.2 Å². The third kappa shape index (κ3) is 5.29. The third-order valence-corrected chi connectivity index (χ3v) is 8.07. The SMILES string of the molecule is COc1ccccc1CNC(=O)C1CCN(c2ncccc2S(=O)(=O)N2CCOCC2)CC1. The average molecular weight is 475 g/mol. The van der Waals surface area contributed by atoms with Crippen LogP contribution in [0.1, 0.15) is 18.4 Å². The van der Waals surface area contributed by atoms with Crippen LogP contribution in [0.15, 0.2) is 47.5 Å². The zero-order valence-electron chi connectivity index (χ0n) is 18.8. The molecule has 1 amide bonds. The number of carbonyl (C=O) groups is 1. The van der Waals surface area contributed by atoms with Gasteiger partial charge in [-0.3, -0.25) is 4.79 Å². The lowest BCUT2D eigenvalue weighted by Crippen LogP contribution is -2.43. The second kappa shape index (κ2) is 10.5. The van der Waals surface area contributed by atoms with Crippen LogP contribution in [0.2, 0.25) is 0 Å². The largest absolute Gasteiger partial charge is 0.496 e. The third-order valence-electron chi connectivity index (χ3n) is 6.15. The molecule has 0 aliphatic carbocycles. The second-order valence-electron chi connectivity index (χ2n) is 8.13. The van der Waals surface area contributed by atoms with Crippen LogP contribution in [0.25, 0.3) is 0 Å². The molecule has 0 radical (unpaired) electrons. The number of sulfonamides is 1.